The Morgan fingerprint density at radius 1 is 1.20 bits per heavy atom. The van der Waals surface area contributed by atoms with Gasteiger partial charge < -0.3 is 10.2 Å². The van der Waals surface area contributed by atoms with Gasteiger partial charge in [-0.05, 0) is 54.8 Å². The lowest BCUT2D eigenvalue weighted by atomic mass is 10.1. The molecule has 2 aromatic carbocycles. The third-order valence-electron chi connectivity index (χ3n) is 4.39. The molecular weight excluding hydrogens is 319 g/mol. The van der Waals surface area contributed by atoms with Crippen molar-refractivity contribution in [2.45, 2.75) is 26.2 Å². The van der Waals surface area contributed by atoms with Crippen molar-refractivity contribution >= 4 is 23.1 Å². The molecule has 1 fully saturated rings. The molecular formula is C20H21FN2O2. The molecule has 1 saturated heterocycles. The molecule has 1 heterocycles. The molecule has 1 amide bonds. The van der Waals surface area contributed by atoms with Gasteiger partial charge in [-0.25, -0.2) is 4.39 Å². The van der Waals surface area contributed by atoms with Crippen molar-refractivity contribution in [1.29, 1.82) is 0 Å². The van der Waals surface area contributed by atoms with E-state index < -0.39 is 0 Å². The second kappa shape index (κ2) is 7.47. The van der Waals surface area contributed by atoms with Gasteiger partial charge in [-0.3, -0.25) is 9.59 Å². The lowest BCUT2D eigenvalue weighted by Gasteiger charge is -2.16. The molecule has 0 unspecified atom stereocenters. The molecule has 0 saturated carbocycles. The number of aryl methyl sites for hydroxylation is 1. The van der Waals surface area contributed by atoms with E-state index >= 15 is 0 Å². The van der Waals surface area contributed by atoms with Crippen LogP contribution >= 0.6 is 0 Å². The van der Waals surface area contributed by atoms with Crippen LogP contribution in [0.15, 0.2) is 42.5 Å². The topological polar surface area (TPSA) is 49.4 Å². The molecule has 1 aliphatic heterocycles. The van der Waals surface area contributed by atoms with Crippen LogP contribution in [-0.4, -0.2) is 24.8 Å². The lowest BCUT2D eigenvalue weighted by molar-refractivity contribution is -0.117. The molecule has 1 aliphatic rings. The molecule has 25 heavy (non-hydrogen) atoms. The standard InChI is InChI=1S/C20H21FN2O2/c1-14-11-16(21)6-9-19(14)22-13-18(24)12-15-4-7-17(8-5-15)23-10-2-3-20(23)25/h4-9,11,22H,2-3,10,12-13H2,1H3. The van der Waals surface area contributed by atoms with E-state index in [0.29, 0.717) is 12.8 Å². The highest BCUT2D eigenvalue weighted by Gasteiger charge is 2.21. The number of ketones is 1. The maximum absolute atomic E-state index is 13.1. The van der Waals surface area contributed by atoms with Gasteiger partial charge in [-0.15, -0.1) is 0 Å². The summed E-state index contributed by atoms with van der Waals surface area (Å²) in [4.78, 5) is 25.7. The highest BCUT2D eigenvalue weighted by molar-refractivity contribution is 5.95. The number of amides is 1. The zero-order valence-electron chi connectivity index (χ0n) is 14.2. The SMILES string of the molecule is Cc1cc(F)ccc1NCC(=O)Cc1ccc(N2CCCC2=O)cc1. The fourth-order valence-electron chi connectivity index (χ4n) is 3.02. The predicted molar refractivity (Wildman–Crippen MR) is 96.4 cm³/mol. The number of carbonyl (C=O) groups is 2. The van der Waals surface area contributed by atoms with Gasteiger partial charge in [0, 0.05) is 30.8 Å². The summed E-state index contributed by atoms with van der Waals surface area (Å²) in [6, 6.07) is 12.0. The summed E-state index contributed by atoms with van der Waals surface area (Å²) in [5.74, 6) is -0.0811. The molecule has 1 N–H and O–H groups in total. The van der Waals surface area contributed by atoms with E-state index in [4.69, 9.17) is 0 Å². The first-order valence-corrected chi connectivity index (χ1v) is 8.44. The van der Waals surface area contributed by atoms with E-state index in [1.165, 1.54) is 12.1 Å². The van der Waals surface area contributed by atoms with Gasteiger partial charge >= 0.3 is 0 Å². The van der Waals surface area contributed by atoms with Crippen molar-refractivity contribution in [1.82, 2.24) is 0 Å². The summed E-state index contributed by atoms with van der Waals surface area (Å²) in [5.41, 5.74) is 3.34. The van der Waals surface area contributed by atoms with Crippen LogP contribution in [0.25, 0.3) is 0 Å². The zero-order valence-corrected chi connectivity index (χ0v) is 14.2. The van der Waals surface area contributed by atoms with Gasteiger partial charge in [0.25, 0.3) is 0 Å². The Kier molecular flexibility index (Phi) is 5.12. The second-order valence-electron chi connectivity index (χ2n) is 6.34. The maximum Gasteiger partial charge on any atom is 0.227 e. The third-order valence-corrected chi connectivity index (χ3v) is 4.39. The largest absolute Gasteiger partial charge is 0.378 e. The van der Waals surface area contributed by atoms with Crippen molar-refractivity contribution in [2.24, 2.45) is 0 Å². The number of carbonyl (C=O) groups excluding carboxylic acids is 2. The molecule has 0 spiro atoms. The van der Waals surface area contributed by atoms with Crippen LogP contribution in [0.1, 0.15) is 24.0 Å². The molecule has 0 aliphatic carbocycles. The zero-order chi connectivity index (χ0) is 17.8. The first-order chi connectivity index (χ1) is 12.0. The highest BCUT2D eigenvalue weighted by atomic mass is 19.1. The summed E-state index contributed by atoms with van der Waals surface area (Å²) in [7, 11) is 0. The number of nitrogens with zero attached hydrogens (tertiary/aromatic N) is 1. The molecule has 0 radical (unpaired) electrons. The fourth-order valence-corrected chi connectivity index (χ4v) is 3.02. The molecule has 3 rings (SSSR count). The van der Waals surface area contributed by atoms with Gasteiger partial charge in [-0.1, -0.05) is 12.1 Å². The van der Waals surface area contributed by atoms with E-state index in [1.807, 2.05) is 24.3 Å². The van der Waals surface area contributed by atoms with Gasteiger partial charge in [0.15, 0.2) is 5.78 Å². The van der Waals surface area contributed by atoms with Crippen molar-refractivity contribution < 1.29 is 14.0 Å². The molecule has 4 nitrogen and oxygen atoms in total. The molecule has 2 aromatic rings. The van der Waals surface area contributed by atoms with Crippen LogP contribution in [0.2, 0.25) is 0 Å². The van der Waals surface area contributed by atoms with Crippen LogP contribution in [0.4, 0.5) is 15.8 Å². The number of rotatable bonds is 6. The summed E-state index contributed by atoms with van der Waals surface area (Å²) in [5, 5.41) is 3.05. The monoisotopic (exact) mass is 340 g/mol. The number of hydrogen-bond acceptors (Lipinski definition) is 3. The fraction of sp³-hybridized carbons (Fsp3) is 0.300. The Bertz CT molecular complexity index is 787. The summed E-state index contributed by atoms with van der Waals surface area (Å²) in [6.07, 6.45) is 1.82. The van der Waals surface area contributed by atoms with E-state index in [0.717, 1.165) is 35.5 Å². The quantitative estimate of drug-likeness (QED) is 0.876. The molecule has 0 atom stereocenters. The van der Waals surface area contributed by atoms with E-state index in [-0.39, 0.29) is 24.1 Å². The molecule has 5 heteroatoms. The number of Topliss-reactive ketones (excluding diaryl/α,β-unsaturated/α-hetero) is 1. The lowest BCUT2D eigenvalue weighted by Crippen LogP contribution is -2.23. The van der Waals surface area contributed by atoms with Crippen LogP contribution in [0.3, 0.4) is 0 Å². The smallest absolute Gasteiger partial charge is 0.227 e. The normalized spacial score (nSPS) is 14.0. The number of nitrogens with one attached hydrogen (secondary N) is 1. The minimum Gasteiger partial charge on any atom is -0.378 e. The van der Waals surface area contributed by atoms with Crippen molar-refractivity contribution in [3.8, 4) is 0 Å². The average molecular weight is 340 g/mol. The molecule has 0 bridgehead atoms. The number of anilines is 2. The van der Waals surface area contributed by atoms with Gasteiger partial charge in [-0.2, -0.15) is 0 Å². The Labute approximate surface area is 146 Å². The van der Waals surface area contributed by atoms with Crippen LogP contribution < -0.4 is 10.2 Å². The van der Waals surface area contributed by atoms with Crippen LogP contribution in [-0.2, 0) is 16.0 Å². The van der Waals surface area contributed by atoms with Gasteiger partial charge in [0.1, 0.15) is 5.82 Å². The van der Waals surface area contributed by atoms with Crippen LogP contribution in [0, 0.1) is 12.7 Å². The Morgan fingerprint density at radius 2 is 1.96 bits per heavy atom. The first kappa shape index (κ1) is 17.1. The summed E-state index contributed by atoms with van der Waals surface area (Å²) < 4.78 is 13.1. The Balaban J connectivity index is 1.55. The van der Waals surface area contributed by atoms with Gasteiger partial charge in [0.2, 0.25) is 5.91 Å². The maximum atomic E-state index is 13.1. The van der Waals surface area contributed by atoms with Crippen LogP contribution in [0.5, 0.6) is 0 Å². The van der Waals surface area contributed by atoms with Crippen molar-refractivity contribution in [3.63, 3.8) is 0 Å². The molecule has 130 valence electrons. The van der Waals surface area contributed by atoms with E-state index in [2.05, 4.69) is 5.32 Å². The molecule has 0 aromatic heterocycles. The Hall–Kier alpha value is -2.69. The van der Waals surface area contributed by atoms with E-state index in [9.17, 15) is 14.0 Å². The summed E-state index contributed by atoms with van der Waals surface area (Å²) in [6.45, 7) is 2.76. The van der Waals surface area contributed by atoms with E-state index in [1.54, 1.807) is 17.9 Å². The summed E-state index contributed by atoms with van der Waals surface area (Å²) >= 11 is 0. The predicted octanol–water partition coefficient (Wildman–Crippen LogP) is 3.48. The number of halogens is 1. The van der Waals surface area contributed by atoms with Gasteiger partial charge in [0.05, 0.1) is 6.54 Å². The number of hydrogen-bond donors (Lipinski definition) is 1. The third kappa shape index (κ3) is 4.24. The number of benzene rings is 2. The highest BCUT2D eigenvalue weighted by Crippen LogP contribution is 2.22. The van der Waals surface area contributed by atoms with Crippen molar-refractivity contribution in [2.75, 3.05) is 23.3 Å². The first-order valence-electron chi connectivity index (χ1n) is 8.44. The average Bonchev–Trinajstić information content (AvgIpc) is 3.01. The second-order valence-corrected chi connectivity index (χ2v) is 6.34. The minimum absolute atomic E-state index is 0.0497. The Morgan fingerprint density at radius 3 is 2.60 bits per heavy atom. The van der Waals surface area contributed by atoms with Crippen molar-refractivity contribution in [3.05, 3.63) is 59.4 Å². The minimum atomic E-state index is -0.286.